The lowest BCUT2D eigenvalue weighted by Crippen LogP contribution is -2.33. The predicted molar refractivity (Wildman–Crippen MR) is 68.0 cm³/mol. The van der Waals surface area contributed by atoms with Gasteiger partial charge in [-0.1, -0.05) is 24.3 Å². The van der Waals surface area contributed by atoms with Crippen LogP contribution in [0.4, 0.5) is 10.5 Å². The Morgan fingerprint density at radius 2 is 2.11 bits per heavy atom. The number of carbonyl (C=O) groups is 1. The van der Waals surface area contributed by atoms with Crippen LogP contribution in [0.25, 0.3) is 6.08 Å². The van der Waals surface area contributed by atoms with E-state index in [4.69, 9.17) is 0 Å². The average molecular weight is 269 g/mol. The molecule has 0 aliphatic rings. The second-order valence-electron chi connectivity index (χ2n) is 3.52. The van der Waals surface area contributed by atoms with Gasteiger partial charge < -0.3 is 5.32 Å². The Labute approximate surface area is 105 Å². The predicted octanol–water partition coefficient (Wildman–Crippen LogP) is 1.21. The molecule has 2 N–H and O–H groups in total. The molecule has 0 atom stereocenters. The van der Waals surface area contributed by atoms with Crippen molar-refractivity contribution in [3.63, 3.8) is 0 Å². The van der Waals surface area contributed by atoms with Gasteiger partial charge in [0.25, 0.3) is 0 Å². The van der Waals surface area contributed by atoms with Crippen molar-refractivity contribution in [2.75, 3.05) is 18.2 Å². The van der Waals surface area contributed by atoms with Crippen molar-refractivity contribution in [3.8, 4) is 0 Å². The monoisotopic (exact) mass is 269 g/mol. The minimum atomic E-state index is -3.59. The van der Waals surface area contributed by atoms with Crippen molar-refractivity contribution in [1.82, 2.24) is 4.72 Å². The smallest absolute Gasteiger partial charge is 0.307 e. The first-order valence-electron chi connectivity index (χ1n) is 5.04. The Bertz CT molecular complexity index is 552. The molecule has 1 rings (SSSR count). The van der Waals surface area contributed by atoms with Gasteiger partial charge in [0.05, 0.1) is 6.26 Å². The van der Waals surface area contributed by atoms with Crippen LogP contribution in [0, 0.1) is 0 Å². The third kappa shape index (κ3) is 5.46. The van der Waals surface area contributed by atoms with Gasteiger partial charge in [0.1, 0.15) is 6.61 Å². The number of benzene rings is 1. The molecule has 0 saturated carbocycles. The highest BCUT2D eigenvalue weighted by Gasteiger charge is 2.07. The van der Waals surface area contributed by atoms with E-state index in [1.54, 1.807) is 35.1 Å². The lowest BCUT2D eigenvalue weighted by molar-refractivity contribution is 0.233. The van der Waals surface area contributed by atoms with Crippen LogP contribution in [-0.4, -0.2) is 27.3 Å². The Kier molecular flexibility index (Phi) is 4.87. The van der Waals surface area contributed by atoms with Crippen LogP contribution in [0.5, 0.6) is 0 Å². The number of nitrogens with one attached hydrogen (secondary N) is 2. The summed E-state index contributed by atoms with van der Waals surface area (Å²) in [5.41, 5.74) is 1.17. The van der Waals surface area contributed by atoms with Crippen molar-refractivity contribution < 1.29 is 18.3 Å². The second kappa shape index (κ2) is 6.18. The number of anilines is 1. The van der Waals surface area contributed by atoms with E-state index < -0.39 is 16.1 Å². The molecule has 0 unspecified atom stereocenters. The van der Waals surface area contributed by atoms with E-state index in [0.29, 0.717) is 5.69 Å². The first-order chi connectivity index (χ1) is 8.40. The van der Waals surface area contributed by atoms with Crippen LogP contribution in [0.15, 0.2) is 30.3 Å². The summed E-state index contributed by atoms with van der Waals surface area (Å²) >= 11 is 0. The van der Waals surface area contributed by atoms with Crippen LogP contribution in [0.3, 0.4) is 0 Å². The molecule has 0 fully saturated rings. The van der Waals surface area contributed by atoms with Crippen LogP contribution in [-0.2, 0) is 15.1 Å². The summed E-state index contributed by atoms with van der Waals surface area (Å²) in [6.07, 6.45) is 3.95. The normalized spacial score (nSPS) is 11.4. The number of hydrogen-bond acceptors (Lipinski definition) is 3. The molecule has 7 heteroatoms. The summed E-state index contributed by atoms with van der Waals surface area (Å²) < 4.78 is 23.4. The van der Waals surface area contributed by atoms with Crippen molar-refractivity contribution >= 4 is 27.8 Å². The molecule has 0 spiro atoms. The van der Waals surface area contributed by atoms with Gasteiger partial charge >= 0.3 is 6.03 Å². The van der Waals surface area contributed by atoms with Gasteiger partial charge in [0, 0.05) is 5.69 Å². The molecule has 0 heterocycles. The Morgan fingerprint density at radius 1 is 1.39 bits per heavy atom. The van der Waals surface area contributed by atoms with Gasteiger partial charge in [-0.05, 0) is 17.7 Å². The van der Waals surface area contributed by atoms with E-state index in [0.717, 1.165) is 11.8 Å². The summed E-state index contributed by atoms with van der Waals surface area (Å²) in [4.78, 5) is 11.3. The maximum absolute atomic E-state index is 11.3. The molecular formula is C11H13N2O4S. The maximum Gasteiger partial charge on any atom is 0.332 e. The minimum absolute atomic E-state index is 0.327. The number of sulfonamides is 1. The lowest BCUT2D eigenvalue weighted by Gasteiger charge is -2.06. The molecule has 97 valence electrons. The van der Waals surface area contributed by atoms with Gasteiger partial charge in [-0.3, -0.25) is 0 Å². The summed E-state index contributed by atoms with van der Waals surface area (Å²) in [5, 5.41) is 12.7. The number of hydrogen-bond donors (Lipinski definition) is 2. The molecule has 18 heavy (non-hydrogen) atoms. The van der Waals surface area contributed by atoms with E-state index in [1.807, 2.05) is 0 Å². The van der Waals surface area contributed by atoms with Gasteiger partial charge in [0.2, 0.25) is 10.0 Å². The first kappa shape index (κ1) is 14.2. The van der Waals surface area contributed by atoms with Crippen LogP contribution >= 0.6 is 0 Å². The highest BCUT2D eigenvalue weighted by molar-refractivity contribution is 7.89. The van der Waals surface area contributed by atoms with E-state index in [2.05, 4.69) is 5.32 Å². The number of carbonyl (C=O) groups excluding carboxylic acids is 1. The zero-order chi connectivity index (χ0) is 13.6. The van der Waals surface area contributed by atoms with Crippen LogP contribution < -0.4 is 10.0 Å². The Balaban J connectivity index is 2.73. The highest BCUT2D eigenvalue weighted by atomic mass is 32.2. The molecule has 6 nitrogen and oxygen atoms in total. The van der Waals surface area contributed by atoms with Crippen molar-refractivity contribution in [2.24, 2.45) is 0 Å². The third-order valence-electron chi connectivity index (χ3n) is 1.83. The maximum atomic E-state index is 11.3. The highest BCUT2D eigenvalue weighted by Crippen LogP contribution is 2.11. The van der Waals surface area contributed by atoms with Crippen molar-refractivity contribution in [1.29, 1.82) is 0 Å². The molecule has 1 aromatic carbocycles. The van der Waals surface area contributed by atoms with Gasteiger partial charge in [-0.15, -0.1) is 0 Å². The largest absolute Gasteiger partial charge is 0.332 e. The van der Waals surface area contributed by atoms with Crippen LogP contribution in [0.2, 0.25) is 0 Å². The second-order valence-corrected chi connectivity index (χ2v) is 5.27. The molecule has 0 bridgehead atoms. The van der Waals surface area contributed by atoms with E-state index in [9.17, 15) is 18.3 Å². The van der Waals surface area contributed by atoms with Crippen LogP contribution in [0.1, 0.15) is 5.56 Å². The Morgan fingerprint density at radius 3 is 2.72 bits per heavy atom. The molecule has 0 aliphatic heterocycles. The van der Waals surface area contributed by atoms with Gasteiger partial charge in [-0.2, -0.15) is 0 Å². The van der Waals surface area contributed by atoms with Gasteiger partial charge in [-0.25, -0.2) is 23.0 Å². The average Bonchev–Trinajstić information content (AvgIpc) is 2.24. The number of rotatable bonds is 4. The number of amides is 2. The van der Waals surface area contributed by atoms with Crippen molar-refractivity contribution in [3.05, 3.63) is 35.9 Å². The number of urea groups is 1. The molecule has 2 amide bonds. The quantitative estimate of drug-likeness (QED) is 0.860. The molecule has 0 aliphatic carbocycles. The van der Waals surface area contributed by atoms with E-state index in [1.165, 1.54) is 6.08 Å². The van der Waals surface area contributed by atoms with E-state index >= 15 is 0 Å². The zero-order valence-electron chi connectivity index (χ0n) is 9.71. The Hall–Kier alpha value is -1.86. The molecule has 0 saturated heterocycles. The zero-order valence-corrected chi connectivity index (χ0v) is 10.5. The SMILES string of the molecule is CS(=O)(=O)NC(=O)Nc1cccc(C=CC[O])c1. The fraction of sp³-hybridized carbons (Fsp3) is 0.182. The minimum Gasteiger partial charge on any atom is -0.307 e. The summed E-state index contributed by atoms with van der Waals surface area (Å²) in [6, 6.07) is 5.83. The standard InChI is InChI=1S/C11H13N2O4S/c1-18(16,17)13-11(15)12-10-6-2-4-9(8-10)5-3-7-14/h2-6,8H,7H2,1H3,(H2,12,13,15). The van der Waals surface area contributed by atoms with Crippen molar-refractivity contribution in [2.45, 2.75) is 0 Å². The van der Waals surface area contributed by atoms with Gasteiger partial charge in [0.15, 0.2) is 0 Å². The van der Waals surface area contributed by atoms with E-state index in [-0.39, 0.29) is 6.61 Å². The summed E-state index contributed by atoms with van der Waals surface area (Å²) in [5.74, 6) is 0. The molecule has 1 radical (unpaired) electrons. The fourth-order valence-corrected chi connectivity index (χ4v) is 1.62. The topological polar surface area (TPSA) is 95.2 Å². The lowest BCUT2D eigenvalue weighted by atomic mass is 10.2. The summed E-state index contributed by atoms with van der Waals surface area (Å²) in [6.45, 7) is -0.327. The first-order valence-corrected chi connectivity index (χ1v) is 6.93. The molecular weight excluding hydrogens is 256 g/mol. The molecule has 1 aromatic rings. The fourth-order valence-electron chi connectivity index (χ4n) is 1.23. The molecule has 0 aromatic heterocycles. The third-order valence-corrected chi connectivity index (χ3v) is 2.39. The summed E-state index contributed by atoms with van der Waals surface area (Å²) in [7, 11) is -3.59.